The van der Waals surface area contributed by atoms with Gasteiger partial charge in [0.15, 0.2) is 14.8 Å². The zero-order chi connectivity index (χ0) is 28.1. The van der Waals surface area contributed by atoms with Gasteiger partial charge in [-0.3, -0.25) is 14.5 Å². The Bertz CT molecular complexity index is 930. The van der Waals surface area contributed by atoms with E-state index in [9.17, 15) is 19.2 Å². The largest absolute Gasteiger partial charge is 0.445 e. The summed E-state index contributed by atoms with van der Waals surface area (Å²) in [6.07, 6.45) is 1.92. The third kappa shape index (κ3) is 7.22. The molecular formula is C26H43N3O7Si. The average molecular weight is 538 g/mol. The summed E-state index contributed by atoms with van der Waals surface area (Å²) >= 11 is 0. The number of rotatable bonds is 10. The number of β-lactam (4-membered cyclic amide) rings is 1. The molecule has 0 unspecified atom stereocenters. The average Bonchev–Trinajstić information content (AvgIpc) is 3.17. The highest BCUT2D eigenvalue weighted by Crippen LogP contribution is 2.45. The lowest BCUT2D eigenvalue weighted by Gasteiger charge is -2.54. The smallest absolute Gasteiger partial charge is 0.410 e. The van der Waals surface area contributed by atoms with Crippen LogP contribution >= 0.6 is 0 Å². The number of nitrogens with zero attached hydrogens (tertiary/aromatic N) is 1. The fourth-order valence-electron chi connectivity index (χ4n) is 4.90. The van der Waals surface area contributed by atoms with Gasteiger partial charge in [-0.2, -0.15) is 0 Å². The number of carbonyl (C=O) groups is 4. The molecule has 208 valence electrons. The second kappa shape index (κ2) is 12.3. The highest BCUT2D eigenvalue weighted by Gasteiger charge is 2.57. The van der Waals surface area contributed by atoms with Crippen molar-refractivity contribution in [1.29, 1.82) is 0 Å². The van der Waals surface area contributed by atoms with Gasteiger partial charge in [0.2, 0.25) is 5.91 Å². The minimum atomic E-state index is -1.48. The molecule has 2 saturated heterocycles. The van der Waals surface area contributed by atoms with Crippen molar-refractivity contribution in [1.82, 2.24) is 15.5 Å². The van der Waals surface area contributed by atoms with Crippen LogP contribution in [-0.4, -0.2) is 81.8 Å². The molecule has 0 aromatic heterocycles. The number of amides is 3. The maximum absolute atomic E-state index is 13.2. The zero-order valence-corrected chi connectivity index (χ0v) is 24.5. The van der Waals surface area contributed by atoms with Crippen LogP contribution < -0.4 is 10.6 Å². The number of Topliss-reactive ketones (excluding diaryl/α,β-unsaturated/α-hetero) is 1. The van der Waals surface area contributed by atoms with E-state index in [0.29, 0.717) is 12.0 Å². The number of ketones is 1. The van der Waals surface area contributed by atoms with Crippen molar-refractivity contribution < 1.29 is 33.1 Å². The van der Waals surface area contributed by atoms with E-state index in [-0.39, 0.29) is 42.7 Å². The zero-order valence-electron chi connectivity index (χ0n) is 23.4. The predicted octanol–water partition coefficient (Wildman–Crippen LogP) is 2.93. The molecule has 37 heavy (non-hydrogen) atoms. The molecule has 2 aliphatic rings. The van der Waals surface area contributed by atoms with E-state index in [1.54, 1.807) is 13.0 Å². The number of alkyl carbamates (subject to hydrolysis) is 1. The molecular weight excluding hydrogens is 494 g/mol. The van der Waals surface area contributed by atoms with Gasteiger partial charge in [-0.05, 0) is 37.9 Å². The molecule has 11 heteroatoms. The topological polar surface area (TPSA) is 123 Å². The molecule has 0 aliphatic carbocycles. The van der Waals surface area contributed by atoms with Gasteiger partial charge < -0.3 is 24.5 Å². The molecule has 0 spiro atoms. The van der Waals surface area contributed by atoms with Crippen LogP contribution in [0.25, 0.3) is 0 Å². The predicted molar refractivity (Wildman–Crippen MR) is 143 cm³/mol. The van der Waals surface area contributed by atoms with Gasteiger partial charge >= 0.3 is 12.2 Å². The first-order chi connectivity index (χ1) is 17.1. The van der Waals surface area contributed by atoms with Gasteiger partial charge in [0.05, 0.1) is 30.1 Å². The van der Waals surface area contributed by atoms with E-state index < -0.39 is 44.9 Å². The van der Waals surface area contributed by atoms with Crippen molar-refractivity contribution in [2.24, 2.45) is 11.3 Å². The number of hydrogen-bond donors (Lipinski definition) is 2. The molecule has 2 heterocycles. The van der Waals surface area contributed by atoms with Crippen molar-refractivity contribution in [3.05, 3.63) is 24.3 Å². The Balaban J connectivity index is 2.19. The van der Waals surface area contributed by atoms with Gasteiger partial charge in [0.1, 0.15) is 12.7 Å². The molecule has 5 atom stereocenters. The van der Waals surface area contributed by atoms with Crippen molar-refractivity contribution >= 4 is 32.9 Å². The molecule has 0 bridgehead atoms. The van der Waals surface area contributed by atoms with Gasteiger partial charge in [-0.25, -0.2) is 9.59 Å². The Labute approximate surface area is 221 Å². The van der Waals surface area contributed by atoms with Crippen LogP contribution in [0.2, 0.25) is 13.1 Å². The van der Waals surface area contributed by atoms with Crippen molar-refractivity contribution in [3.63, 3.8) is 0 Å². The molecule has 0 aromatic carbocycles. The SMILES string of the molecule is C=CCOC(=O)N1C[C@H](OC(=O)NC)C[C@H]1/C=C(\C)C(=O)C[C@H]1NC(=O)[C@@H]1[C@@](C)(O[SiH](C)C)C(C)(C)C. The molecule has 3 amide bonds. The van der Waals surface area contributed by atoms with Crippen LogP contribution in [-0.2, 0) is 23.5 Å². The van der Waals surface area contributed by atoms with Gasteiger partial charge in [-0.15, -0.1) is 0 Å². The first-order valence-corrected chi connectivity index (χ1v) is 15.5. The van der Waals surface area contributed by atoms with Crippen LogP contribution in [0.3, 0.4) is 0 Å². The Morgan fingerprint density at radius 2 is 1.89 bits per heavy atom. The van der Waals surface area contributed by atoms with Crippen molar-refractivity contribution in [2.75, 3.05) is 20.2 Å². The van der Waals surface area contributed by atoms with Crippen molar-refractivity contribution in [3.8, 4) is 0 Å². The number of likely N-dealkylation sites (tertiary alicyclic amines) is 1. The van der Waals surface area contributed by atoms with E-state index >= 15 is 0 Å². The van der Waals surface area contributed by atoms with E-state index in [1.807, 2.05) is 6.92 Å². The Morgan fingerprint density at radius 1 is 1.24 bits per heavy atom. The molecule has 2 N–H and O–H groups in total. The normalized spacial score (nSPS) is 25.6. The lowest BCUT2D eigenvalue weighted by molar-refractivity contribution is -0.160. The summed E-state index contributed by atoms with van der Waals surface area (Å²) < 4.78 is 17.0. The van der Waals surface area contributed by atoms with E-state index in [4.69, 9.17) is 13.9 Å². The second-order valence-electron chi connectivity index (χ2n) is 11.2. The van der Waals surface area contributed by atoms with E-state index in [0.717, 1.165) is 0 Å². The minimum Gasteiger partial charge on any atom is -0.445 e. The molecule has 2 rings (SSSR count). The van der Waals surface area contributed by atoms with Gasteiger partial charge in [0.25, 0.3) is 0 Å². The summed E-state index contributed by atoms with van der Waals surface area (Å²) in [6, 6.07) is -0.834. The van der Waals surface area contributed by atoms with Crippen LogP contribution in [0.4, 0.5) is 9.59 Å². The minimum absolute atomic E-state index is 0.0429. The van der Waals surface area contributed by atoms with Crippen LogP contribution in [0.15, 0.2) is 24.3 Å². The third-order valence-electron chi connectivity index (χ3n) is 7.21. The fourth-order valence-corrected chi connectivity index (χ4v) is 6.38. The highest BCUT2D eigenvalue weighted by atomic mass is 28.3. The summed E-state index contributed by atoms with van der Waals surface area (Å²) in [5, 5.41) is 5.30. The molecule has 0 aromatic rings. The quantitative estimate of drug-likeness (QED) is 0.190. The van der Waals surface area contributed by atoms with Gasteiger partial charge in [-0.1, -0.05) is 39.5 Å². The number of hydrogen-bond acceptors (Lipinski definition) is 7. The van der Waals surface area contributed by atoms with Crippen molar-refractivity contribution in [2.45, 2.75) is 84.3 Å². The number of nitrogens with one attached hydrogen (secondary N) is 2. The summed E-state index contributed by atoms with van der Waals surface area (Å²) in [5.41, 5.74) is -0.557. The van der Waals surface area contributed by atoms with Crippen LogP contribution in [0, 0.1) is 11.3 Å². The highest BCUT2D eigenvalue weighted by molar-refractivity contribution is 6.48. The van der Waals surface area contributed by atoms with E-state index in [1.165, 1.54) is 18.0 Å². The molecule has 2 aliphatic heterocycles. The maximum Gasteiger partial charge on any atom is 0.410 e. The first-order valence-electron chi connectivity index (χ1n) is 12.8. The summed E-state index contributed by atoms with van der Waals surface area (Å²) in [5.74, 6) is -0.683. The summed E-state index contributed by atoms with van der Waals surface area (Å²) in [6.45, 7) is 17.7. The molecule has 0 radical (unpaired) electrons. The van der Waals surface area contributed by atoms with E-state index in [2.05, 4.69) is 51.1 Å². The first kappa shape index (κ1) is 30.6. The lowest BCUT2D eigenvalue weighted by atomic mass is 9.63. The molecule has 2 fully saturated rings. The summed E-state index contributed by atoms with van der Waals surface area (Å²) in [4.78, 5) is 51.7. The summed E-state index contributed by atoms with van der Waals surface area (Å²) in [7, 11) is -0.0222. The van der Waals surface area contributed by atoms with Crippen LogP contribution in [0.5, 0.6) is 0 Å². The number of allylic oxidation sites excluding steroid dienone is 1. The van der Waals surface area contributed by atoms with Crippen LogP contribution in [0.1, 0.15) is 47.5 Å². The maximum atomic E-state index is 13.2. The number of carbonyl (C=O) groups excluding carboxylic acids is 4. The standard InChI is InChI=1S/C26H43N3O7Si/c1-10-11-34-24(33)29-15-18(35-23(32)27-7)13-17(29)12-16(2)20(30)14-19-21(22(31)28-19)26(6,25(3,4)5)36-37(8)9/h10,12,17-19,21,37H,1,11,13-15H2,2-9H3,(H,27,32)(H,28,31)/b16-12+/t17-,18-,19-,21-,26-/m1/s1. The fraction of sp³-hybridized carbons (Fsp3) is 0.692. The Hall–Kier alpha value is -2.66. The molecule has 0 saturated carbocycles. The van der Waals surface area contributed by atoms with Gasteiger partial charge in [0, 0.05) is 19.9 Å². The molecule has 10 nitrogen and oxygen atoms in total. The third-order valence-corrected chi connectivity index (χ3v) is 8.17. The number of ether oxygens (including phenoxy) is 2. The second-order valence-corrected chi connectivity index (χ2v) is 13.5. The lowest BCUT2D eigenvalue weighted by Crippen LogP contribution is -2.70. The Morgan fingerprint density at radius 3 is 2.41 bits per heavy atom. The Kier molecular flexibility index (Phi) is 10.1. The monoisotopic (exact) mass is 537 g/mol.